The molecule has 0 radical (unpaired) electrons. The fourth-order valence-corrected chi connectivity index (χ4v) is 4.02. The van der Waals surface area contributed by atoms with Crippen LogP contribution in [0.4, 0.5) is 5.69 Å². The number of Topliss-reactive ketones (excluding diaryl/α,β-unsaturated/α-hetero) is 1. The number of amides is 2. The highest BCUT2D eigenvalue weighted by molar-refractivity contribution is 6.45. The van der Waals surface area contributed by atoms with E-state index in [0.717, 1.165) is 11.8 Å². The van der Waals surface area contributed by atoms with Gasteiger partial charge < -0.3 is 35.6 Å². The Bertz CT molecular complexity index is 1380. The SMILES string of the molecule is C#C.CC.CNC(C(=O)O)C(O)C(=O)Nc1cccc2c(C(=O)C(=O)N3CCN(C)CC3)c[nH]c12.O=Cc1ccccc1. The summed E-state index contributed by atoms with van der Waals surface area (Å²) < 4.78 is 0. The molecule has 1 saturated heterocycles. The summed E-state index contributed by atoms with van der Waals surface area (Å²) in [5, 5.41) is 24.4. The van der Waals surface area contributed by atoms with Gasteiger partial charge in [0.1, 0.15) is 12.3 Å². The van der Waals surface area contributed by atoms with E-state index in [4.69, 9.17) is 5.11 Å². The van der Waals surface area contributed by atoms with Crippen molar-refractivity contribution in [2.45, 2.75) is 26.0 Å². The molecule has 1 aromatic heterocycles. The predicted molar refractivity (Wildman–Crippen MR) is 165 cm³/mol. The molecule has 4 rings (SSSR count). The minimum Gasteiger partial charge on any atom is -0.480 e. The zero-order chi connectivity index (χ0) is 32.5. The number of para-hydroxylation sites is 1. The van der Waals surface area contributed by atoms with Gasteiger partial charge in [-0.15, -0.1) is 12.8 Å². The number of hydrogen-bond acceptors (Lipinski definition) is 8. The normalized spacial score (nSPS) is 13.8. The number of carbonyl (C=O) groups excluding carboxylic acids is 4. The van der Waals surface area contributed by atoms with Gasteiger partial charge in [0.15, 0.2) is 6.10 Å². The molecule has 43 heavy (non-hydrogen) atoms. The van der Waals surface area contributed by atoms with Gasteiger partial charge in [-0.2, -0.15) is 0 Å². The number of aliphatic carboxylic acids is 1. The summed E-state index contributed by atoms with van der Waals surface area (Å²) in [5.74, 6) is -3.54. The zero-order valence-corrected chi connectivity index (χ0v) is 24.7. The van der Waals surface area contributed by atoms with Crippen LogP contribution in [0.5, 0.6) is 0 Å². The van der Waals surface area contributed by atoms with Gasteiger partial charge >= 0.3 is 5.97 Å². The Labute approximate surface area is 251 Å². The van der Waals surface area contributed by atoms with Crippen LogP contribution in [0.15, 0.2) is 54.7 Å². The summed E-state index contributed by atoms with van der Waals surface area (Å²) in [6.07, 6.45) is 8.40. The lowest BCUT2D eigenvalue weighted by Crippen LogP contribution is -2.50. The number of anilines is 1. The number of aldehydes is 1. The summed E-state index contributed by atoms with van der Waals surface area (Å²) >= 11 is 0. The van der Waals surface area contributed by atoms with Crippen molar-refractivity contribution in [3.8, 4) is 12.8 Å². The van der Waals surface area contributed by atoms with Crippen molar-refractivity contribution in [3.05, 3.63) is 65.9 Å². The van der Waals surface area contributed by atoms with Crippen molar-refractivity contribution in [1.82, 2.24) is 20.1 Å². The highest BCUT2D eigenvalue weighted by atomic mass is 16.4. The first kappa shape index (κ1) is 36.2. The number of carbonyl (C=O) groups is 5. The second-order valence-electron chi connectivity index (χ2n) is 8.92. The Morgan fingerprint density at radius 1 is 0.977 bits per heavy atom. The zero-order valence-electron chi connectivity index (χ0n) is 24.7. The van der Waals surface area contributed by atoms with E-state index in [1.807, 2.05) is 39.1 Å². The summed E-state index contributed by atoms with van der Waals surface area (Å²) in [4.78, 5) is 65.4. The van der Waals surface area contributed by atoms with Gasteiger partial charge in [0, 0.05) is 43.3 Å². The standard InChI is InChI=1S/C20H25N5O6.C7H6O.C2H6.C2H2/c1-21-15(20(30)31)17(27)18(28)23-13-5-3-4-11-12(10-22-14(11)13)16(26)19(29)25-8-6-24(2)7-9-25;8-6-7-4-2-1-3-5-7;2*1-2/h3-5,10,15,17,21-22,27H,6-9H2,1-2H3,(H,23,28)(H,30,31);1-6H;1-2H3;1-2H. The molecule has 0 saturated carbocycles. The van der Waals surface area contributed by atoms with E-state index in [9.17, 15) is 29.1 Å². The molecular weight excluding hydrogens is 554 g/mol. The molecule has 12 heteroatoms. The van der Waals surface area contributed by atoms with E-state index in [1.165, 1.54) is 24.2 Å². The van der Waals surface area contributed by atoms with E-state index in [-0.39, 0.29) is 11.3 Å². The number of ketones is 1. The number of aromatic amines is 1. The lowest BCUT2D eigenvalue weighted by Gasteiger charge is -2.31. The monoisotopic (exact) mass is 593 g/mol. The van der Waals surface area contributed by atoms with Crippen LogP contribution in [0.3, 0.4) is 0 Å². The number of piperazine rings is 1. The molecule has 2 atom stereocenters. The van der Waals surface area contributed by atoms with Crippen LogP contribution >= 0.6 is 0 Å². The maximum Gasteiger partial charge on any atom is 0.323 e. The Balaban J connectivity index is 0.000000651. The van der Waals surface area contributed by atoms with E-state index in [2.05, 4.69) is 33.4 Å². The minimum absolute atomic E-state index is 0.175. The highest BCUT2D eigenvalue weighted by Crippen LogP contribution is 2.26. The van der Waals surface area contributed by atoms with Crippen molar-refractivity contribution in [2.75, 3.05) is 45.6 Å². The van der Waals surface area contributed by atoms with Crippen molar-refractivity contribution in [1.29, 1.82) is 0 Å². The predicted octanol–water partition coefficient (Wildman–Crippen LogP) is 1.87. The second kappa shape index (κ2) is 18.6. The molecule has 0 bridgehead atoms. The fraction of sp³-hybridized carbons (Fsp3) is 0.323. The lowest BCUT2D eigenvalue weighted by molar-refractivity contribution is -0.145. The molecule has 1 aliphatic heterocycles. The summed E-state index contributed by atoms with van der Waals surface area (Å²) in [7, 11) is 3.27. The maximum atomic E-state index is 12.8. The number of aliphatic hydroxyl groups excluding tert-OH is 1. The number of terminal acetylenes is 1. The summed E-state index contributed by atoms with van der Waals surface area (Å²) in [6.45, 7) is 6.32. The minimum atomic E-state index is -1.84. The van der Waals surface area contributed by atoms with E-state index in [1.54, 1.807) is 24.3 Å². The average molecular weight is 594 g/mol. The smallest absolute Gasteiger partial charge is 0.323 e. The summed E-state index contributed by atoms with van der Waals surface area (Å²) in [6, 6.07) is 12.4. The van der Waals surface area contributed by atoms with Crippen LogP contribution in [0, 0.1) is 12.8 Å². The number of rotatable bonds is 8. The van der Waals surface area contributed by atoms with Crippen LogP contribution in [0.1, 0.15) is 34.6 Å². The lowest BCUT2D eigenvalue weighted by atomic mass is 10.1. The molecular formula is C31H39N5O7. The molecule has 0 spiro atoms. The Morgan fingerprint density at radius 2 is 1.58 bits per heavy atom. The van der Waals surface area contributed by atoms with E-state index >= 15 is 0 Å². The fourth-order valence-electron chi connectivity index (χ4n) is 4.02. The van der Waals surface area contributed by atoms with Crippen molar-refractivity contribution in [3.63, 3.8) is 0 Å². The number of carboxylic acids is 1. The molecule has 2 heterocycles. The van der Waals surface area contributed by atoms with Crippen LogP contribution in [0.2, 0.25) is 0 Å². The van der Waals surface area contributed by atoms with E-state index in [0.29, 0.717) is 37.1 Å². The van der Waals surface area contributed by atoms with Gasteiger partial charge in [-0.3, -0.25) is 24.0 Å². The molecule has 12 nitrogen and oxygen atoms in total. The number of fused-ring (bicyclic) bond motifs is 1. The first-order chi connectivity index (χ1) is 20.7. The highest BCUT2D eigenvalue weighted by Gasteiger charge is 2.32. The molecule has 1 aliphatic rings. The van der Waals surface area contributed by atoms with Crippen LogP contribution < -0.4 is 10.6 Å². The van der Waals surface area contributed by atoms with E-state index < -0.39 is 35.7 Å². The second-order valence-corrected chi connectivity index (χ2v) is 8.92. The molecule has 2 aromatic carbocycles. The topological polar surface area (TPSA) is 172 Å². The summed E-state index contributed by atoms with van der Waals surface area (Å²) in [5.41, 5.74) is 1.53. The molecule has 2 amide bonds. The Morgan fingerprint density at radius 3 is 2.09 bits per heavy atom. The molecule has 0 aliphatic carbocycles. The number of nitrogens with zero attached hydrogens (tertiary/aromatic N) is 2. The quantitative estimate of drug-likeness (QED) is 0.113. The first-order valence-corrected chi connectivity index (χ1v) is 13.5. The van der Waals surface area contributed by atoms with Crippen LogP contribution in [-0.4, -0.2) is 107 Å². The molecule has 3 aromatic rings. The average Bonchev–Trinajstić information content (AvgIpc) is 3.48. The number of H-pyrrole nitrogens is 1. The first-order valence-electron chi connectivity index (χ1n) is 13.5. The molecule has 5 N–H and O–H groups in total. The maximum absolute atomic E-state index is 12.8. The van der Waals surface area contributed by atoms with Crippen LogP contribution in [-0.2, 0) is 14.4 Å². The third kappa shape index (κ3) is 9.89. The van der Waals surface area contributed by atoms with Crippen LogP contribution in [0.25, 0.3) is 10.9 Å². The third-order valence-electron chi connectivity index (χ3n) is 6.30. The van der Waals surface area contributed by atoms with Gasteiger partial charge in [0.05, 0.1) is 16.8 Å². The number of nitrogens with one attached hydrogen (secondary N) is 3. The van der Waals surface area contributed by atoms with Gasteiger partial charge in [-0.25, -0.2) is 0 Å². The largest absolute Gasteiger partial charge is 0.480 e. The number of carboxylic acid groups (broad SMARTS) is 1. The van der Waals surface area contributed by atoms with Crippen molar-refractivity contribution in [2.24, 2.45) is 0 Å². The van der Waals surface area contributed by atoms with Gasteiger partial charge in [0.2, 0.25) is 0 Å². The van der Waals surface area contributed by atoms with Gasteiger partial charge in [-0.05, 0) is 20.2 Å². The molecule has 2 unspecified atom stereocenters. The number of benzene rings is 2. The Kier molecular flexibility index (Phi) is 15.6. The third-order valence-corrected chi connectivity index (χ3v) is 6.30. The van der Waals surface area contributed by atoms with Gasteiger partial charge in [0.25, 0.3) is 17.6 Å². The number of hydrogen-bond donors (Lipinski definition) is 5. The number of aliphatic hydroxyl groups is 1. The molecule has 1 fully saturated rings. The van der Waals surface area contributed by atoms with Gasteiger partial charge in [-0.1, -0.05) is 56.3 Å². The number of likely N-dealkylation sites (N-methyl/N-ethyl adjacent to an activating group) is 2. The molecule has 230 valence electrons. The van der Waals surface area contributed by atoms with Crippen molar-refractivity contribution < 1.29 is 34.2 Å². The number of aromatic nitrogens is 1. The Hall–Kier alpha value is -4.83. The van der Waals surface area contributed by atoms with Crippen molar-refractivity contribution >= 4 is 46.4 Å².